The number of benzene rings is 1. The molecule has 0 aliphatic rings. The number of fused-ring (bicyclic) bond motifs is 1. The van der Waals surface area contributed by atoms with Gasteiger partial charge in [-0.2, -0.15) is 13.2 Å². The Bertz CT molecular complexity index is 1350. The van der Waals surface area contributed by atoms with Crippen molar-refractivity contribution < 1.29 is 22.4 Å². The number of hydrogen-bond donors (Lipinski definition) is 3. The summed E-state index contributed by atoms with van der Waals surface area (Å²) in [6.07, 6.45) is -1.77. The average Bonchev–Trinajstić information content (AvgIpc) is 3.25. The van der Waals surface area contributed by atoms with Crippen molar-refractivity contribution in [3.05, 3.63) is 60.8 Å². The fourth-order valence-corrected chi connectivity index (χ4v) is 3.39. The quantitative estimate of drug-likeness (QED) is 0.321. The number of halogens is 4. The normalized spacial score (nSPS) is 11.6. The molecule has 1 amide bonds. The van der Waals surface area contributed by atoms with E-state index >= 15 is 0 Å². The molecule has 0 fully saturated rings. The maximum absolute atomic E-state index is 13.9. The van der Waals surface area contributed by atoms with E-state index in [0.29, 0.717) is 47.1 Å². The number of hydrogen-bond acceptors (Lipinski definition) is 6. The van der Waals surface area contributed by atoms with E-state index in [1.165, 1.54) is 0 Å². The van der Waals surface area contributed by atoms with Gasteiger partial charge in [0.1, 0.15) is 5.65 Å². The van der Waals surface area contributed by atoms with Gasteiger partial charge in [-0.05, 0) is 24.3 Å². The van der Waals surface area contributed by atoms with E-state index in [-0.39, 0.29) is 5.82 Å². The second-order valence-corrected chi connectivity index (χ2v) is 7.64. The van der Waals surface area contributed by atoms with Crippen LogP contribution in [-0.4, -0.2) is 44.5 Å². The molecule has 0 aliphatic heterocycles. The Morgan fingerprint density at radius 1 is 1.09 bits per heavy atom. The highest BCUT2D eigenvalue weighted by Gasteiger charge is 2.27. The van der Waals surface area contributed by atoms with E-state index in [2.05, 4.69) is 25.6 Å². The van der Waals surface area contributed by atoms with Crippen molar-refractivity contribution in [2.24, 2.45) is 5.73 Å². The minimum Gasteiger partial charge on any atom is -0.366 e. The minimum atomic E-state index is -4.39. The molecule has 1 aromatic carbocycles. The third kappa shape index (κ3) is 5.90. The SMILES string of the molecule is NCCNc1nc(-c2ccn3c(-c4cccc(NC(=O)CCC(F)(F)F)c4)cnc3c2)ncc1F. The van der Waals surface area contributed by atoms with Gasteiger partial charge < -0.3 is 16.4 Å². The molecule has 3 heterocycles. The first-order chi connectivity index (χ1) is 16.7. The molecule has 182 valence electrons. The van der Waals surface area contributed by atoms with Crippen LogP contribution in [0.15, 0.2) is 55.0 Å². The first-order valence-corrected chi connectivity index (χ1v) is 10.6. The molecule has 4 aromatic rings. The molecule has 3 aromatic heterocycles. The van der Waals surface area contributed by atoms with Crippen molar-refractivity contribution >= 4 is 23.1 Å². The van der Waals surface area contributed by atoms with Gasteiger partial charge in [-0.1, -0.05) is 12.1 Å². The molecule has 0 atom stereocenters. The van der Waals surface area contributed by atoms with Gasteiger partial charge in [0.25, 0.3) is 0 Å². The summed E-state index contributed by atoms with van der Waals surface area (Å²) in [5, 5.41) is 5.30. The summed E-state index contributed by atoms with van der Waals surface area (Å²) in [7, 11) is 0. The predicted molar refractivity (Wildman–Crippen MR) is 123 cm³/mol. The van der Waals surface area contributed by atoms with Crippen molar-refractivity contribution in [1.82, 2.24) is 19.4 Å². The number of nitrogens with zero attached hydrogens (tertiary/aromatic N) is 4. The Balaban J connectivity index is 1.56. The van der Waals surface area contributed by atoms with Crippen molar-refractivity contribution in [1.29, 1.82) is 0 Å². The van der Waals surface area contributed by atoms with Gasteiger partial charge in [0.2, 0.25) is 5.91 Å². The molecular weight excluding hydrogens is 466 g/mol. The van der Waals surface area contributed by atoms with Crippen LogP contribution in [0.4, 0.5) is 29.1 Å². The molecule has 0 radical (unpaired) electrons. The summed E-state index contributed by atoms with van der Waals surface area (Å²) in [4.78, 5) is 24.6. The standard InChI is InChI=1S/C23H21F4N7O/c24-17-12-31-21(33-22(17)29-8-7-28)15-5-9-34-18(13-30-19(34)11-15)14-2-1-3-16(10-14)32-20(35)4-6-23(25,26)27/h1-3,5,9-13H,4,6-8,28H2,(H,32,35)(H,29,31,33). The number of aromatic nitrogens is 4. The van der Waals surface area contributed by atoms with E-state index in [1.807, 2.05) is 0 Å². The maximum Gasteiger partial charge on any atom is 0.389 e. The number of nitrogens with one attached hydrogen (secondary N) is 2. The van der Waals surface area contributed by atoms with Crippen LogP contribution in [0.3, 0.4) is 0 Å². The third-order valence-corrected chi connectivity index (χ3v) is 5.03. The van der Waals surface area contributed by atoms with Crippen LogP contribution in [0.25, 0.3) is 28.3 Å². The van der Waals surface area contributed by atoms with E-state index < -0.39 is 30.7 Å². The van der Waals surface area contributed by atoms with Crippen LogP contribution in [0.5, 0.6) is 0 Å². The molecule has 0 saturated heterocycles. The Labute approximate surface area is 197 Å². The monoisotopic (exact) mass is 487 g/mol. The van der Waals surface area contributed by atoms with Crippen LogP contribution in [0, 0.1) is 5.82 Å². The zero-order valence-corrected chi connectivity index (χ0v) is 18.3. The van der Waals surface area contributed by atoms with Crippen molar-refractivity contribution in [2.75, 3.05) is 23.7 Å². The summed E-state index contributed by atoms with van der Waals surface area (Å²) in [5.41, 5.74) is 8.41. The lowest BCUT2D eigenvalue weighted by atomic mass is 10.1. The van der Waals surface area contributed by atoms with Gasteiger partial charge in [-0.25, -0.2) is 19.3 Å². The van der Waals surface area contributed by atoms with Crippen LogP contribution in [0.2, 0.25) is 0 Å². The van der Waals surface area contributed by atoms with Gasteiger partial charge in [0.15, 0.2) is 17.5 Å². The van der Waals surface area contributed by atoms with E-state index in [4.69, 9.17) is 5.73 Å². The number of amides is 1. The van der Waals surface area contributed by atoms with Crippen LogP contribution in [0.1, 0.15) is 12.8 Å². The summed E-state index contributed by atoms with van der Waals surface area (Å²) < 4.78 is 52.8. The summed E-state index contributed by atoms with van der Waals surface area (Å²) in [6, 6.07) is 10.2. The van der Waals surface area contributed by atoms with Gasteiger partial charge in [0, 0.05) is 42.5 Å². The number of carbonyl (C=O) groups excluding carboxylic acids is 1. The molecule has 0 aliphatic carbocycles. The van der Waals surface area contributed by atoms with Crippen LogP contribution in [-0.2, 0) is 4.79 Å². The molecule has 8 nitrogen and oxygen atoms in total. The highest BCUT2D eigenvalue weighted by atomic mass is 19.4. The smallest absolute Gasteiger partial charge is 0.366 e. The number of alkyl halides is 3. The van der Waals surface area contributed by atoms with Gasteiger partial charge in [-0.15, -0.1) is 0 Å². The lowest BCUT2D eigenvalue weighted by Gasteiger charge is -2.09. The predicted octanol–water partition coefficient (Wildman–Crippen LogP) is 4.25. The molecule has 35 heavy (non-hydrogen) atoms. The van der Waals surface area contributed by atoms with Crippen LogP contribution < -0.4 is 16.4 Å². The molecule has 4 N–H and O–H groups in total. The zero-order valence-electron chi connectivity index (χ0n) is 18.3. The summed E-state index contributed by atoms with van der Waals surface area (Å²) in [6.45, 7) is 0.678. The van der Waals surface area contributed by atoms with Gasteiger partial charge in [-0.3, -0.25) is 9.20 Å². The lowest BCUT2D eigenvalue weighted by Crippen LogP contribution is -2.16. The molecule has 0 unspecified atom stereocenters. The van der Waals surface area contributed by atoms with Gasteiger partial charge >= 0.3 is 6.18 Å². The second kappa shape index (κ2) is 10.1. The minimum absolute atomic E-state index is 0.0541. The molecule has 0 saturated carbocycles. The van der Waals surface area contributed by atoms with E-state index in [1.54, 1.807) is 53.2 Å². The van der Waals surface area contributed by atoms with E-state index in [9.17, 15) is 22.4 Å². The average molecular weight is 487 g/mol. The molecule has 12 heteroatoms. The largest absolute Gasteiger partial charge is 0.389 e. The Hall–Kier alpha value is -4.06. The Morgan fingerprint density at radius 2 is 1.91 bits per heavy atom. The molecule has 4 rings (SSSR count). The maximum atomic E-state index is 13.9. The summed E-state index contributed by atoms with van der Waals surface area (Å²) in [5.74, 6) is -0.946. The highest BCUT2D eigenvalue weighted by molar-refractivity contribution is 5.91. The molecular formula is C23H21F4N7O. The number of nitrogens with two attached hydrogens (primary N) is 1. The number of rotatable bonds is 8. The van der Waals surface area contributed by atoms with Gasteiger partial charge in [0.05, 0.1) is 24.5 Å². The molecule has 0 bridgehead atoms. The first-order valence-electron chi connectivity index (χ1n) is 10.6. The highest BCUT2D eigenvalue weighted by Crippen LogP contribution is 2.27. The zero-order chi connectivity index (χ0) is 25.0. The fourth-order valence-electron chi connectivity index (χ4n) is 3.39. The Morgan fingerprint density at radius 3 is 2.69 bits per heavy atom. The van der Waals surface area contributed by atoms with Crippen molar-refractivity contribution in [3.8, 4) is 22.6 Å². The fraction of sp³-hybridized carbons (Fsp3) is 0.217. The number of anilines is 2. The van der Waals surface area contributed by atoms with Crippen molar-refractivity contribution in [2.45, 2.75) is 19.0 Å². The first kappa shape index (κ1) is 24.1. The summed E-state index contributed by atoms with van der Waals surface area (Å²) >= 11 is 0. The molecule has 0 spiro atoms. The number of pyridine rings is 1. The topological polar surface area (TPSA) is 110 Å². The van der Waals surface area contributed by atoms with Crippen LogP contribution >= 0.6 is 0 Å². The number of carbonyl (C=O) groups is 1. The number of imidazole rings is 1. The third-order valence-electron chi connectivity index (χ3n) is 5.03. The second-order valence-electron chi connectivity index (χ2n) is 7.64. The lowest BCUT2D eigenvalue weighted by molar-refractivity contribution is -0.142. The Kier molecular flexibility index (Phi) is 6.92. The van der Waals surface area contributed by atoms with E-state index in [0.717, 1.165) is 6.20 Å². The van der Waals surface area contributed by atoms with Crippen molar-refractivity contribution in [3.63, 3.8) is 0 Å².